The van der Waals surface area contributed by atoms with Crippen molar-refractivity contribution < 1.29 is 9.59 Å². The van der Waals surface area contributed by atoms with Crippen molar-refractivity contribution in [2.24, 2.45) is 5.73 Å². The van der Waals surface area contributed by atoms with E-state index in [2.05, 4.69) is 24.1 Å². The summed E-state index contributed by atoms with van der Waals surface area (Å²) in [5.41, 5.74) is 9.26. The molecular weight excluding hydrogens is 354 g/mol. The van der Waals surface area contributed by atoms with Gasteiger partial charge in [0.2, 0.25) is 11.8 Å². The quantitative estimate of drug-likeness (QED) is 0.691. The standard InChI is InChI=1S/C18H23N3O2S2/c1-4-12-7-6-8-13(5-2)17(12)21-16(23)10-24-18-20-11(3)14(25-18)9-15(19)22/h6-8H,4-5,9-10H2,1-3H3,(H2,19,22)(H,21,23). The van der Waals surface area contributed by atoms with Gasteiger partial charge >= 0.3 is 0 Å². The number of nitrogens with two attached hydrogens (primary N) is 1. The number of aromatic nitrogens is 1. The first kappa shape index (κ1) is 19.5. The first-order valence-corrected chi connectivity index (χ1v) is 10.0. The molecule has 0 spiro atoms. The van der Waals surface area contributed by atoms with Gasteiger partial charge in [-0.1, -0.05) is 43.8 Å². The average molecular weight is 378 g/mol. The molecular formula is C18H23N3O2S2. The molecule has 3 N–H and O–H groups in total. The summed E-state index contributed by atoms with van der Waals surface area (Å²) >= 11 is 2.80. The van der Waals surface area contributed by atoms with E-state index in [0.717, 1.165) is 44.6 Å². The van der Waals surface area contributed by atoms with Crippen molar-refractivity contribution >= 4 is 40.6 Å². The van der Waals surface area contributed by atoms with E-state index in [1.807, 2.05) is 25.1 Å². The predicted octanol–water partition coefficient (Wildman–Crippen LogP) is 3.33. The Bertz CT molecular complexity index is 749. The molecule has 1 aromatic heterocycles. The number of nitrogens with zero attached hydrogens (tertiary/aromatic N) is 1. The fourth-order valence-corrected chi connectivity index (χ4v) is 4.53. The number of para-hydroxylation sites is 1. The Hall–Kier alpha value is -1.86. The second-order valence-electron chi connectivity index (χ2n) is 5.63. The van der Waals surface area contributed by atoms with Crippen molar-refractivity contribution in [1.82, 2.24) is 4.98 Å². The largest absolute Gasteiger partial charge is 0.369 e. The highest BCUT2D eigenvalue weighted by atomic mass is 32.2. The zero-order valence-electron chi connectivity index (χ0n) is 14.7. The minimum absolute atomic E-state index is 0.0510. The van der Waals surface area contributed by atoms with E-state index in [9.17, 15) is 9.59 Å². The molecule has 1 heterocycles. The molecule has 0 aliphatic heterocycles. The Labute approximate surface area is 156 Å². The van der Waals surface area contributed by atoms with Crippen LogP contribution in [0, 0.1) is 6.92 Å². The lowest BCUT2D eigenvalue weighted by Gasteiger charge is -2.14. The topological polar surface area (TPSA) is 85.1 Å². The van der Waals surface area contributed by atoms with Crippen LogP contribution in [0.1, 0.15) is 35.5 Å². The van der Waals surface area contributed by atoms with E-state index >= 15 is 0 Å². The van der Waals surface area contributed by atoms with Crippen LogP contribution in [0.25, 0.3) is 0 Å². The monoisotopic (exact) mass is 377 g/mol. The molecule has 2 aromatic rings. The number of thioether (sulfide) groups is 1. The van der Waals surface area contributed by atoms with Crippen LogP contribution in [-0.4, -0.2) is 22.6 Å². The molecule has 1 aromatic carbocycles. The van der Waals surface area contributed by atoms with Crippen molar-refractivity contribution in [1.29, 1.82) is 0 Å². The molecule has 0 radical (unpaired) electrons. The Morgan fingerprint density at radius 3 is 2.44 bits per heavy atom. The second kappa shape index (κ2) is 9.01. The van der Waals surface area contributed by atoms with E-state index in [-0.39, 0.29) is 24.0 Å². The summed E-state index contributed by atoms with van der Waals surface area (Å²) in [7, 11) is 0. The fourth-order valence-electron chi connectivity index (χ4n) is 2.49. The molecule has 0 aliphatic carbocycles. The van der Waals surface area contributed by atoms with Gasteiger partial charge in [0.15, 0.2) is 4.34 Å². The van der Waals surface area contributed by atoms with Gasteiger partial charge in [-0.25, -0.2) is 4.98 Å². The second-order valence-corrected chi connectivity index (χ2v) is 7.93. The fraction of sp³-hybridized carbons (Fsp3) is 0.389. The highest BCUT2D eigenvalue weighted by molar-refractivity contribution is 8.01. The van der Waals surface area contributed by atoms with Gasteiger partial charge < -0.3 is 11.1 Å². The van der Waals surface area contributed by atoms with E-state index in [4.69, 9.17) is 5.73 Å². The van der Waals surface area contributed by atoms with Gasteiger partial charge in [-0.3, -0.25) is 9.59 Å². The zero-order chi connectivity index (χ0) is 18.4. The first-order chi connectivity index (χ1) is 11.9. The average Bonchev–Trinajstić information content (AvgIpc) is 2.92. The Morgan fingerprint density at radius 1 is 1.24 bits per heavy atom. The number of carbonyl (C=O) groups excluding carboxylic acids is 2. The van der Waals surface area contributed by atoms with Crippen molar-refractivity contribution in [3.8, 4) is 0 Å². The molecule has 2 rings (SSSR count). The number of benzene rings is 1. The number of hydrogen-bond acceptors (Lipinski definition) is 5. The maximum atomic E-state index is 12.4. The molecule has 0 bridgehead atoms. The number of primary amides is 1. The van der Waals surface area contributed by atoms with Crippen LogP contribution in [0.4, 0.5) is 5.69 Å². The number of aryl methyl sites for hydroxylation is 3. The van der Waals surface area contributed by atoms with Crippen molar-refractivity contribution in [2.45, 2.75) is 44.4 Å². The number of nitrogens with one attached hydrogen (secondary N) is 1. The number of amides is 2. The third kappa shape index (κ3) is 5.31. The van der Waals surface area contributed by atoms with E-state index < -0.39 is 0 Å². The summed E-state index contributed by atoms with van der Waals surface area (Å²) in [6.45, 7) is 6.01. The molecule has 134 valence electrons. The molecule has 0 fully saturated rings. The number of thiazole rings is 1. The summed E-state index contributed by atoms with van der Waals surface area (Å²) in [6, 6.07) is 6.12. The minimum atomic E-state index is -0.371. The molecule has 25 heavy (non-hydrogen) atoms. The van der Waals surface area contributed by atoms with Crippen LogP contribution in [0.5, 0.6) is 0 Å². The first-order valence-electron chi connectivity index (χ1n) is 8.22. The van der Waals surface area contributed by atoms with Crippen LogP contribution >= 0.6 is 23.1 Å². The molecule has 7 heteroatoms. The molecule has 0 unspecified atom stereocenters. The molecule has 2 amide bonds. The lowest BCUT2D eigenvalue weighted by atomic mass is 10.0. The third-order valence-corrected chi connectivity index (χ3v) is 6.10. The molecule has 5 nitrogen and oxygen atoms in total. The van der Waals surface area contributed by atoms with E-state index in [0.29, 0.717) is 0 Å². The predicted molar refractivity (Wildman–Crippen MR) is 104 cm³/mol. The van der Waals surface area contributed by atoms with Gasteiger partial charge in [0.25, 0.3) is 0 Å². The Balaban J connectivity index is 2.01. The van der Waals surface area contributed by atoms with E-state index in [1.54, 1.807) is 0 Å². The normalized spacial score (nSPS) is 10.7. The number of rotatable bonds is 8. The summed E-state index contributed by atoms with van der Waals surface area (Å²) < 4.78 is 0.781. The number of hydrogen-bond donors (Lipinski definition) is 2. The van der Waals surface area contributed by atoms with Crippen LogP contribution in [-0.2, 0) is 28.9 Å². The Morgan fingerprint density at radius 2 is 1.88 bits per heavy atom. The smallest absolute Gasteiger partial charge is 0.234 e. The molecule has 0 saturated heterocycles. The molecule has 0 aliphatic rings. The van der Waals surface area contributed by atoms with E-state index in [1.165, 1.54) is 23.1 Å². The summed E-state index contributed by atoms with van der Waals surface area (Å²) in [6.07, 6.45) is 1.94. The molecule has 0 atom stereocenters. The molecule has 0 saturated carbocycles. The van der Waals surface area contributed by atoms with Crippen LogP contribution < -0.4 is 11.1 Å². The van der Waals surface area contributed by atoms with Gasteiger partial charge in [0.05, 0.1) is 17.9 Å². The third-order valence-electron chi connectivity index (χ3n) is 3.80. The Kier molecular flexibility index (Phi) is 7.01. The van der Waals surface area contributed by atoms with Crippen molar-refractivity contribution in [3.05, 3.63) is 39.9 Å². The lowest BCUT2D eigenvalue weighted by molar-refractivity contribution is -0.117. The zero-order valence-corrected chi connectivity index (χ0v) is 16.4. The van der Waals surface area contributed by atoms with Gasteiger partial charge in [-0.2, -0.15) is 0 Å². The van der Waals surface area contributed by atoms with Gasteiger partial charge in [-0.15, -0.1) is 11.3 Å². The SMILES string of the molecule is CCc1cccc(CC)c1NC(=O)CSc1nc(C)c(CC(N)=O)s1. The number of carbonyl (C=O) groups is 2. The van der Waals surface area contributed by atoms with Crippen molar-refractivity contribution in [2.75, 3.05) is 11.1 Å². The summed E-state index contributed by atoms with van der Waals surface area (Å²) in [4.78, 5) is 28.7. The minimum Gasteiger partial charge on any atom is -0.369 e. The number of anilines is 1. The maximum Gasteiger partial charge on any atom is 0.234 e. The highest BCUT2D eigenvalue weighted by Crippen LogP contribution is 2.28. The highest BCUT2D eigenvalue weighted by Gasteiger charge is 2.14. The van der Waals surface area contributed by atoms with Crippen LogP contribution in [0.3, 0.4) is 0 Å². The maximum absolute atomic E-state index is 12.4. The van der Waals surface area contributed by atoms with Crippen LogP contribution in [0.15, 0.2) is 22.5 Å². The summed E-state index contributed by atoms with van der Waals surface area (Å²) in [5, 5.41) is 3.05. The van der Waals surface area contributed by atoms with Gasteiger partial charge in [0, 0.05) is 10.6 Å². The van der Waals surface area contributed by atoms with Gasteiger partial charge in [0.1, 0.15) is 0 Å². The lowest BCUT2D eigenvalue weighted by Crippen LogP contribution is -2.16. The van der Waals surface area contributed by atoms with Crippen LogP contribution in [0.2, 0.25) is 0 Å². The van der Waals surface area contributed by atoms with Crippen molar-refractivity contribution in [3.63, 3.8) is 0 Å². The summed E-state index contributed by atoms with van der Waals surface area (Å²) in [5.74, 6) is -0.140. The van der Waals surface area contributed by atoms with Gasteiger partial charge in [-0.05, 0) is 30.9 Å².